The van der Waals surface area contributed by atoms with Crippen molar-refractivity contribution >= 4 is 5.78 Å². The van der Waals surface area contributed by atoms with Gasteiger partial charge in [-0.3, -0.25) is 9.78 Å². The fourth-order valence-corrected chi connectivity index (χ4v) is 3.57. The lowest BCUT2D eigenvalue weighted by molar-refractivity contribution is -0.118. The van der Waals surface area contributed by atoms with Gasteiger partial charge in [-0.1, -0.05) is 54.6 Å². The highest BCUT2D eigenvalue weighted by atomic mass is 19.1. The molecule has 3 nitrogen and oxygen atoms in total. The number of nitrogens with zero attached hydrogens (tertiary/aromatic N) is 1. The molecule has 0 aliphatic rings. The van der Waals surface area contributed by atoms with Crippen LogP contribution in [0.5, 0.6) is 5.75 Å². The monoisotopic (exact) mass is 425 g/mol. The molecule has 0 N–H and O–H groups in total. The summed E-state index contributed by atoms with van der Waals surface area (Å²) in [4.78, 5) is 16.4. The number of ether oxygens (including phenoxy) is 1. The first kappa shape index (κ1) is 21.4. The largest absolute Gasteiger partial charge is 0.489 e. The summed E-state index contributed by atoms with van der Waals surface area (Å²) in [5, 5.41) is 0. The second-order valence-corrected chi connectivity index (χ2v) is 7.67. The Balaban J connectivity index is 1.33. The fourth-order valence-electron chi connectivity index (χ4n) is 3.57. The predicted molar refractivity (Wildman–Crippen MR) is 124 cm³/mol. The third-order valence-electron chi connectivity index (χ3n) is 5.31. The van der Waals surface area contributed by atoms with Crippen LogP contribution in [0, 0.1) is 5.82 Å². The minimum Gasteiger partial charge on any atom is -0.489 e. The van der Waals surface area contributed by atoms with E-state index >= 15 is 0 Å². The summed E-state index contributed by atoms with van der Waals surface area (Å²) in [5.41, 5.74) is 5.04. The van der Waals surface area contributed by atoms with E-state index in [0.717, 1.165) is 33.6 Å². The number of rotatable bonds is 9. The molecule has 1 aromatic heterocycles. The third-order valence-corrected chi connectivity index (χ3v) is 5.31. The van der Waals surface area contributed by atoms with E-state index in [9.17, 15) is 9.18 Å². The molecule has 0 bridgehead atoms. The first-order valence-electron chi connectivity index (χ1n) is 10.6. The van der Waals surface area contributed by atoms with Crippen LogP contribution in [0.15, 0.2) is 97.3 Å². The zero-order chi connectivity index (χ0) is 22.2. The van der Waals surface area contributed by atoms with Gasteiger partial charge in [0.2, 0.25) is 0 Å². The fraction of sp³-hybridized carbons (Fsp3) is 0.143. The summed E-state index contributed by atoms with van der Waals surface area (Å²) in [6.45, 7) is 0.400. The van der Waals surface area contributed by atoms with E-state index in [1.54, 1.807) is 24.5 Å². The number of hydrogen-bond donors (Lipinski definition) is 0. The van der Waals surface area contributed by atoms with Gasteiger partial charge in [0, 0.05) is 25.2 Å². The Hall–Kier alpha value is -3.79. The first-order valence-corrected chi connectivity index (χ1v) is 10.6. The van der Waals surface area contributed by atoms with Crippen molar-refractivity contribution in [3.05, 3.63) is 120 Å². The summed E-state index contributed by atoms with van der Waals surface area (Å²) in [6.07, 6.45) is 5.16. The Labute approximate surface area is 187 Å². The van der Waals surface area contributed by atoms with Gasteiger partial charge in [0.1, 0.15) is 24.0 Å². The quantitative estimate of drug-likeness (QED) is 0.320. The van der Waals surface area contributed by atoms with Crippen LogP contribution in [0.4, 0.5) is 4.39 Å². The third kappa shape index (κ3) is 5.88. The molecule has 0 spiro atoms. The van der Waals surface area contributed by atoms with Crippen molar-refractivity contribution in [3.8, 4) is 16.9 Å². The molecule has 1 heterocycles. The molecular formula is C28H24FNO2. The normalized spacial score (nSPS) is 10.7. The van der Waals surface area contributed by atoms with Gasteiger partial charge in [-0.15, -0.1) is 0 Å². The van der Waals surface area contributed by atoms with E-state index in [1.807, 2.05) is 60.7 Å². The van der Waals surface area contributed by atoms with E-state index < -0.39 is 0 Å². The van der Waals surface area contributed by atoms with Gasteiger partial charge >= 0.3 is 0 Å². The summed E-state index contributed by atoms with van der Waals surface area (Å²) in [5.74, 6) is 0.694. The molecule has 4 rings (SSSR count). The number of halogens is 1. The Morgan fingerprint density at radius 1 is 0.844 bits per heavy atom. The lowest BCUT2D eigenvalue weighted by atomic mass is 10.0. The highest BCUT2D eigenvalue weighted by Crippen LogP contribution is 2.25. The van der Waals surface area contributed by atoms with Gasteiger partial charge < -0.3 is 4.74 Å². The van der Waals surface area contributed by atoms with E-state index in [0.29, 0.717) is 25.9 Å². The Morgan fingerprint density at radius 3 is 2.38 bits per heavy atom. The molecule has 0 aliphatic heterocycles. The van der Waals surface area contributed by atoms with Gasteiger partial charge in [-0.25, -0.2) is 4.39 Å². The molecule has 0 radical (unpaired) electrons. The van der Waals surface area contributed by atoms with Crippen molar-refractivity contribution in [1.29, 1.82) is 0 Å². The summed E-state index contributed by atoms with van der Waals surface area (Å²) >= 11 is 0. The van der Waals surface area contributed by atoms with Crippen LogP contribution in [-0.4, -0.2) is 10.8 Å². The van der Waals surface area contributed by atoms with Crippen LogP contribution in [-0.2, 0) is 24.2 Å². The second-order valence-electron chi connectivity index (χ2n) is 7.67. The lowest BCUT2D eigenvalue weighted by Gasteiger charge is -2.12. The number of pyridine rings is 1. The van der Waals surface area contributed by atoms with Gasteiger partial charge in [0.05, 0.1) is 0 Å². The zero-order valence-electron chi connectivity index (χ0n) is 17.7. The van der Waals surface area contributed by atoms with Gasteiger partial charge in [0.15, 0.2) is 0 Å². The molecule has 0 amide bonds. The zero-order valence-corrected chi connectivity index (χ0v) is 17.7. The summed E-state index contributed by atoms with van der Waals surface area (Å²) < 4.78 is 19.2. The maximum atomic E-state index is 13.3. The minimum atomic E-state index is -0.252. The molecule has 4 aromatic rings. The first-order chi connectivity index (χ1) is 15.7. The van der Waals surface area contributed by atoms with E-state index in [2.05, 4.69) is 4.98 Å². The van der Waals surface area contributed by atoms with Gasteiger partial charge in [-0.2, -0.15) is 0 Å². The average molecular weight is 426 g/mol. The van der Waals surface area contributed by atoms with Crippen LogP contribution in [0.2, 0.25) is 0 Å². The van der Waals surface area contributed by atoms with Crippen molar-refractivity contribution in [2.75, 3.05) is 0 Å². The predicted octanol–water partition coefficient (Wildman–Crippen LogP) is 6.21. The standard InChI is InChI=1S/C28H24FNO2/c29-25-12-10-23(11-13-25)28-6-2-1-5-24(28)20-32-27-15-8-21(9-16-27)18-26(31)14-7-22-4-3-17-30-19-22/h1-6,8-13,15-17,19H,7,14,18,20H2. The highest BCUT2D eigenvalue weighted by Gasteiger charge is 2.08. The topological polar surface area (TPSA) is 39.2 Å². The van der Waals surface area contributed by atoms with Crippen LogP contribution in [0.3, 0.4) is 0 Å². The number of carbonyl (C=O) groups excluding carboxylic acids is 1. The Bertz CT molecular complexity index is 1160. The Kier molecular flexibility index (Phi) is 7.03. The van der Waals surface area contributed by atoms with Crippen molar-refractivity contribution in [3.63, 3.8) is 0 Å². The molecule has 0 saturated heterocycles. The highest BCUT2D eigenvalue weighted by molar-refractivity contribution is 5.81. The molecule has 0 atom stereocenters. The van der Waals surface area contributed by atoms with E-state index in [-0.39, 0.29) is 11.6 Å². The van der Waals surface area contributed by atoms with Gasteiger partial charge in [0.25, 0.3) is 0 Å². The van der Waals surface area contributed by atoms with Crippen molar-refractivity contribution < 1.29 is 13.9 Å². The molecule has 3 aromatic carbocycles. The smallest absolute Gasteiger partial charge is 0.137 e. The Morgan fingerprint density at radius 2 is 1.62 bits per heavy atom. The van der Waals surface area contributed by atoms with E-state index in [1.165, 1.54) is 12.1 Å². The second kappa shape index (κ2) is 10.5. The van der Waals surface area contributed by atoms with Crippen molar-refractivity contribution in [2.45, 2.75) is 25.9 Å². The summed E-state index contributed by atoms with van der Waals surface area (Å²) in [7, 11) is 0. The van der Waals surface area contributed by atoms with Gasteiger partial charge in [-0.05, 0) is 64.6 Å². The molecule has 0 unspecified atom stereocenters. The van der Waals surface area contributed by atoms with E-state index in [4.69, 9.17) is 4.74 Å². The number of hydrogen-bond acceptors (Lipinski definition) is 3. The minimum absolute atomic E-state index is 0.204. The molecule has 4 heteroatoms. The number of benzene rings is 3. The van der Waals surface area contributed by atoms with Crippen LogP contribution in [0.1, 0.15) is 23.1 Å². The molecule has 0 saturated carbocycles. The number of carbonyl (C=O) groups is 1. The van der Waals surface area contributed by atoms with Crippen LogP contribution in [0.25, 0.3) is 11.1 Å². The maximum absolute atomic E-state index is 13.3. The summed E-state index contributed by atoms with van der Waals surface area (Å²) in [6, 6.07) is 25.9. The maximum Gasteiger partial charge on any atom is 0.137 e. The van der Waals surface area contributed by atoms with Crippen molar-refractivity contribution in [1.82, 2.24) is 4.98 Å². The number of aromatic nitrogens is 1. The SMILES string of the molecule is O=C(CCc1cccnc1)Cc1ccc(OCc2ccccc2-c2ccc(F)cc2)cc1. The molecule has 160 valence electrons. The molecule has 0 aliphatic carbocycles. The van der Waals surface area contributed by atoms with Crippen LogP contribution >= 0.6 is 0 Å². The van der Waals surface area contributed by atoms with Crippen LogP contribution < -0.4 is 4.74 Å². The molecular weight excluding hydrogens is 401 g/mol. The number of ketones is 1. The van der Waals surface area contributed by atoms with Crippen molar-refractivity contribution in [2.24, 2.45) is 0 Å². The average Bonchev–Trinajstić information content (AvgIpc) is 2.84. The molecule has 32 heavy (non-hydrogen) atoms. The number of aryl methyl sites for hydroxylation is 1. The number of Topliss-reactive ketones (excluding diaryl/α,β-unsaturated/α-hetero) is 1. The lowest BCUT2D eigenvalue weighted by Crippen LogP contribution is -2.04. The molecule has 0 fully saturated rings.